The number of hydrogen-bond acceptors (Lipinski definition) is 6. The van der Waals surface area contributed by atoms with Crippen molar-refractivity contribution in [1.29, 1.82) is 0 Å². The van der Waals surface area contributed by atoms with Gasteiger partial charge in [-0.3, -0.25) is 0 Å². The number of ether oxygens (including phenoxy) is 2. The maximum Gasteiger partial charge on any atom is 0.388 e. The molecule has 0 saturated carbocycles. The van der Waals surface area contributed by atoms with E-state index in [1.165, 1.54) is 17.5 Å². The van der Waals surface area contributed by atoms with Gasteiger partial charge in [0, 0.05) is 11.6 Å². The molecule has 0 radical (unpaired) electrons. The second-order valence-corrected chi connectivity index (χ2v) is 6.65. The third-order valence-electron chi connectivity index (χ3n) is 3.80. The number of alkyl halides is 2. The zero-order chi connectivity index (χ0) is 18.3. The Morgan fingerprint density at radius 3 is 2.69 bits per heavy atom. The fourth-order valence-corrected chi connectivity index (χ4v) is 3.67. The van der Waals surface area contributed by atoms with Crippen molar-refractivity contribution >= 4 is 32.6 Å². The Morgan fingerprint density at radius 2 is 1.92 bits per heavy atom. The summed E-state index contributed by atoms with van der Waals surface area (Å²) >= 11 is 1.52. The van der Waals surface area contributed by atoms with Gasteiger partial charge in [-0.2, -0.15) is 8.78 Å². The molecule has 0 N–H and O–H groups in total. The smallest absolute Gasteiger partial charge is 0.388 e. The SMILES string of the molecule is COc1ccc2sc(-c3cc(C)cc4nc(OC(F)F)cnc34)nc2c1. The molecule has 0 bridgehead atoms. The molecule has 4 aromatic rings. The minimum atomic E-state index is -2.94. The maximum atomic E-state index is 12.4. The minimum Gasteiger partial charge on any atom is -0.497 e. The molecule has 8 heteroatoms. The van der Waals surface area contributed by atoms with E-state index in [9.17, 15) is 8.78 Å². The molecule has 0 aliphatic rings. The van der Waals surface area contributed by atoms with E-state index in [-0.39, 0.29) is 5.88 Å². The Hall–Kier alpha value is -2.87. The highest BCUT2D eigenvalue weighted by atomic mass is 32.1. The second kappa shape index (κ2) is 6.45. The molecule has 132 valence electrons. The number of thiazole rings is 1. The normalized spacial score (nSPS) is 11.4. The summed E-state index contributed by atoms with van der Waals surface area (Å²) < 4.78 is 35.4. The molecule has 0 aliphatic heterocycles. The van der Waals surface area contributed by atoms with Gasteiger partial charge in [-0.1, -0.05) is 0 Å². The monoisotopic (exact) mass is 373 g/mol. The van der Waals surface area contributed by atoms with Crippen LogP contribution in [-0.2, 0) is 0 Å². The molecular weight excluding hydrogens is 360 g/mol. The Balaban J connectivity index is 1.87. The molecule has 4 rings (SSSR count). The Bertz CT molecular complexity index is 1110. The lowest BCUT2D eigenvalue weighted by atomic mass is 10.1. The van der Waals surface area contributed by atoms with Crippen LogP contribution in [0.2, 0.25) is 0 Å². The van der Waals surface area contributed by atoms with E-state index in [1.54, 1.807) is 13.2 Å². The number of aryl methyl sites for hydroxylation is 1. The van der Waals surface area contributed by atoms with Gasteiger partial charge in [-0.05, 0) is 36.8 Å². The number of aromatic nitrogens is 3. The average molecular weight is 373 g/mol. The van der Waals surface area contributed by atoms with Crippen molar-refractivity contribution in [2.75, 3.05) is 7.11 Å². The zero-order valence-corrected chi connectivity index (χ0v) is 14.7. The number of rotatable bonds is 4. The summed E-state index contributed by atoms with van der Waals surface area (Å²) in [5.74, 6) is 0.523. The van der Waals surface area contributed by atoms with E-state index in [0.29, 0.717) is 11.0 Å². The van der Waals surface area contributed by atoms with Gasteiger partial charge >= 0.3 is 6.61 Å². The Kier molecular flexibility index (Phi) is 4.12. The summed E-state index contributed by atoms with van der Waals surface area (Å²) in [6, 6.07) is 9.44. The summed E-state index contributed by atoms with van der Waals surface area (Å²) in [4.78, 5) is 13.1. The van der Waals surface area contributed by atoms with Crippen molar-refractivity contribution in [2.24, 2.45) is 0 Å². The molecule has 0 fully saturated rings. The number of hydrogen-bond donors (Lipinski definition) is 0. The number of nitrogens with zero attached hydrogens (tertiary/aromatic N) is 3. The first-order chi connectivity index (χ1) is 12.5. The van der Waals surface area contributed by atoms with Crippen LogP contribution in [0.25, 0.3) is 31.8 Å². The fourth-order valence-electron chi connectivity index (χ4n) is 2.71. The van der Waals surface area contributed by atoms with Crippen molar-refractivity contribution in [3.63, 3.8) is 0 Å². The Labute approximate surface area is 151 Å². The third-order valence-corrected chi connectivity index (χ3v) is 4.87. The van der Waals surface area contributed by atoms with E-state index in [1.807, 2.05) is 31.2 Å². The van der Waals surface area contributed by atoms with Crippen LogP contribution in [0.5, 0.6) is 11.6 Å². The zero-order valence-electron chi connectivity index (χ0n) is 13.9. The predicted octanol–water partition coefficient (Wildman–Crippen LogP) is 4.82. The average Bonchev–Trinajstić information content (AvgIpc) is 3.03. The summed E-state index contributed by atoms with van der Waals surface area (Å²) in [6.45, 7) is -1.04. The highest BCUT2D eigenvalue weighted by Crippen LogP contribution is 2.35. The van der Waals surface area contributed by atoms with Crippen LogP contribution < -0.4 is 9.47 Å². The van der Waals surface area contributed by atoms with Crippen molar-refractivity contribution < 1.29 is 18.3 Å². The summed E-state index contributed by atoms with van der Waals surface area (Å²) in [5.41, 5.74) is 3.62. The number of benzene rings is 2. The molecule has 2 heterocycles. The molecule has 5 nitrogen and oxygen atoms in total. The van der Waals surface area contributed by atoms with Crippen LogP contribution >= 0.6 is 11.3 Å². The minimum absolute atomic E-state index is 0.210. The number of fused-ring (bicyclic) bond motifs is 2. The summed E-state index contributed by atoms with van der Waals surface area (Å²) in [5, 5.41) is 0.777. The number of methoxy groups -OCH3 is 1. The Morgan fingerprint density at radius 1 is 1.08 bits per heavy atom. The summed E-state index contributed by atoms with van der Waals surface area (Å²) in [6.07, 6.45) is 1.20. The largest absolute Gasteiger partial charge is 0.497 e. The van der Waals surface area contributed by atoms with Crippen LogP contribution in [-0.4, -0.2) is 28.7 Å². The fraction of sp³-hybridized carbons (Fsp3) is 0.167. The molecular formula is C18H13F2N3O2S. The molecule has 0 amide bonds. The molecule has 2 aromatic heterocycles. The lowest BCUT2D eigenvalue weighted by Gasteiger charge is -2.07. The first-order valence-corrected chi connectivity index (χ1v) is 8.52. The van der Waals surface area contributed by atoms with E-state index in [2.05, 4.69) is 19.7 Å². The number of halogens is 2. The molecule has 0 atom stereocenters. The molecule has 26 heavy (non-hydrogen) atoms. The van der Waals surface area contributed by atoms with Crippen LogP contribution in [0, 0.1) is 6.92 Å². The lowest BCUT2D eigenvalue weighted by Crippen LogP contribution is -2.04. The molecule has 0 saturated heterocycles. The second-order valence-electron chi connectivity index (χ2n) is 5.62. The van der Waals surface area contributed by atoms with E-state index < -0.39 is 6.61 Å². The molecule has 0 aliphatic carbocycles. The van der Waals surface area contributed by atoms with Gasteiger partial charge < -0.3 is 9.47 Å². The lowest BCUT2D eigenvalue weighted by molar-refractivity contribution is -0.0528. The van der Waals surface area contributed by atoms with Crippen molar-refractivity contribution in [3.05, 3.63) is 42.1 Å². The van der Waals surface area contributed by atoms with Gasteiger partial charge in [-0.25, -0.2) is 15.0 Å². The van der Waals surface area contributed by atoms with Crippen molar-refractivity contribution in [1.82, 2.24) is 15.0 Å². The van der Waals surface area contributed by atoms with Crippen LogP contribution in [0.3, 0.4) is 0 Å². The summed E-state index contributed by atoms with van der Waals surface area (Å²) in [7, 11) is 1.61. The van der Waals surface area contributed by atoms with Crippen molar-refractivity contribution in [2.45, 2.75) is 13.5 Å². The van der Waals surface area contributed by atoms with Gasteiger partial charge in [0.1, 0.15) is 10.8 Å². The maximum absolute atomic E-state index is 12.4. The van der Waals surface area contributed by atoms with Crippen LogP contribution in [0.15, 0.2) is 36.5 Å². The van der Waals surface area contributed by atoms with Gasteiger partial charge in [-0.15, -0.1) is 11.3 Å². The van der Waals surface area contributed by atoms with Gasteiger partial charge in [0.15, 0.2) is 0 Å². The molecule has 0 spiro atoms. The predicted molar refractivity (Wildman–Crippen MR) is 96.1 cm³/mol. The first-order valence-electron chi connectivity index (χ1n) is 7.70. The van der Waals surface area contributed by atoms with Gasteiger partial charge in [0.25, 0.3) is 0 Å². The third kappa shape index (κ3) is 3.03. The van der Waals surface area contributed by atoms with Gasteiger partial charge in [0.2, 0.25) is 5.88 Å². The van der Waals surface area contributed by atoms with E-state index >= 15 is 0 Å². The van der Waals surface area contributed by atoms with E-state index in [0.717, 1.165) is 32.1 Å². The van der Waals surface area contributed by atoms with E-state index in [4.69, 9.17) is 4.74 Å². The molecule has 0 unspecified atom stereocenters. The quantitative estimate of drug-likeness (QED) is 0.513. The van der Waals surface area contributed by atoms with Crippen LogP contribution in [0.4, 0.5) is 8.78 Å². The highest BCUT2D eigenvalue weighted by molar-refractivity contribution is 7.21. The molecule has 2 aromatic carbocycles. The standard InChI is InChI=1S/C18H13F2N3O2S/c1-9-5-11(16-13(6-9)22-15(8-21-16)25-18(19)20)17-23-12-7-10(24-2)3-4-14(12)26-17/h3-8,18H,1-2H3. The first kappa shape index (κ1) is 16.6. The van der Waals surface area contributed by atoms with Gasteiger partial charge in [0.05, 0.1) is 34.6 Å². The van der Waals surface area contributed by atoms with Crippen LogP contribution in [0.1, 0.15) is 5.56 Å². The topological polar surface area (TPSA) is 57.1 Å². The highest BCUT2D eigenvalue weighted by Gasteiger charge is 2.15. The van der Waals surface area contributed by atoms with Crippen molar-refractivity contribution in [3.8, 4) is 22.2 Å².